The van der Waals surface area contributed by atoms with Gasteiger partial charge in [0, 0.05) is 19.1 Å². The van der Waals surface area contributed by atoms with Crippen LogP contribution in [0, 0.1) is 12.3 Å². The van der Waals surface area contributed by atoms with E-state index in [2.05, 4.69) is 27.8 Å². The van der Waals surface area contributed by atoms with Gasteiger partial charge < -0.3 is 15.5 Å². The minimum absolute atomic E-state index is 0.0832. The molecule has 2 aliphatic rings. The number of amides is 3. The summed E-state index contributed by atoms with van der Waals surface area (Å²) in [6.07, 6.45) is 3.23. The molecule has 7 nitrogen and oxygen atoms in total. The first kappa shape index (κ1) is 27.8. The lowest BCUT2D eigenvalue weighted by molar-refractivity contribution is -0.141. The molecule has 196 valence electrons. The zero-order valence-corrected chi connectivity index (χ0v) is 22.6. The van der Waals surface area contributed by atoms with E-state index < -0.39 is 23.0 Å². The van der Waals surface area contributed by atoms with Gasteiger partial charge in [-0.2, -0.15) is 0 Å². The van der Waals surface area contributed by atoms with E-state index in [9.17, 15) is 18.8 Å². The normalized spacial score (nSPS) is 19.1. The largest absolute Gasteiger partial charge is 0.355 e. The molecule has 36 heavy (non-hydrogen) atoms. The van der Waals surface area contributed by atoms with E-state index in [0.717, 1.165) is 30.6 Å². The summed E-state index contributed by atoms with van der Waals surface area (Å²) in [7, 11) is 0. The fourth-order valence-electron chi connectivity index (χ4n) is 4.18. The van der Waals surface area contributed by atoms with Gasteiger partial charge in [0.15, 0.2) is 5.67 Å². The lowest BCUT2D eigenvalue weighted by atomic mass is 9.85. The summed E-state index contributed by atoms with van der Waals surface area (Å²) in [6, 6.07) is 7.69. The third kappa shape index (κ3) is 6.90. The number of likely N-dealkylation sites (tertiary alicyclic amines) is 1. The molecule has 1 saturated heterocycles. The minimum Gasteiger partial charge on any atom is -0.355 e. The van der Waals surface area contributed by atoms with Crippen molar-refractivity contribution in [2.24, 2.45) is 5.41 Å². The van der Waals surface area contributed by atoms with E-state index >= 15 is 0 Å². The van der Waals surface area contributed by atoms with Crippen LogP contribution in [0.1, 0.15) is 64.6 Å². The van der Waals surface area contributed by atoms with Crippen molar-refractivity contribution < 1.29 is 18.8 Å². The van der Waals surface area contributed by atoms with Gasteiger partial charge in [0.25, 0.3) is 5.91 Å². The number of carbonyl (C=O) groups excluding carboxylic acids is 3. The van der Waals surface area contributed by atoms with Gasteiger partial charge in [0.1, 0.15) is 6.04 Å². The molecule has 0 radical (unpaired) electrons. The lowest BCUT2D eigenvalue weighted by Gasteiger charge is -2.35. The number of halogens is 1. The third-order valence-electron chi connectivity index (χ3n) is 6.67. The topological polar surface area (TPSA) is 91.4 Å². The Bertz CT molecular complexity index is 1060. The van der Waals surface area contributed by atoms with Crippen LogP contribution >= 0.6 is 11.3 Å². The van der Waals surface area contributed by atoms with Crippen molar-refractivity contribution in [3.05, 3.63) is 41.0 Å². The van der Waals surface area contributed by atoms with Crippen LogP contribution in [0.3, 0.4) is 0 Å². The number of benzene rings is 1. The van der Waals surface area contributed by atoms with Crippen LogP contribution in [-0.2, 0) is 20.9 Å². The number of hydrogen-bond donors (Lipinski definition) is 2. The number of aryl methyl sites for hydroxylation is 1. The standard InChI is InChI=1S/C15H25FN2O2.C12H12N2OS/c1-10-6-5-9-18(10)12(19)11(14(2,3)4)17-13(20)15(16)7-8-15;1-9-12(16-8-14-9)11-4-2-10(3-5-11)6-13-7-15/h10-11H,5-9H2,1-4H3,(H,17,20);2-5,7-8H,6H2,1H3,(H,13,15). The van der Waals surface area contributed by atoms with E-state index in [1.54, 1.807) is 11.3 Å². The zero-order valence-electron chi connectivity index (χ0n) is 21.8. The number of nitrogens with one attached hydrogen (secondary N) is 2. The maximum Gasteiger partial charge on any atom is 0.258 e. The molecular formula is C27H37FN4O3S. The molecule has 2 N–H and O–H groups in total. The predicted molar refractivity (Wildman–Crippen MR) is 140 cm³/mol. The minimum atomic E-state index is -1.74. The number of aromatic nitrogens is 1. The highest BCUT2D eigenvalue weighted by Crippen LogP contribution is 2.40. The number of thiazole rings is 1. The number of hydrogen-bond acceptors (Lipinski definition) is 5. The second kappa shape index (κ2) is 11.5. The van der Waals surface area contributed by atoms with E-state index in [1.165, 1.54) is 10.4 Å². The highest BCUT2D eigenvalue weighted by molar-refractivity contribution is 7.13. The van der Waals surface area contributed by atoms with Crippen LogP contribution in [0.2, 0.25) is 0 Å². The van der Waals surface area contributed by atoms with E-state index in [1.807, 2.05) is 57.2 Å². The zero-order chi connectivity index (χ0) is 26.5. The Kier molecular flexibility index (Phi) is 8.87. The van der Waals surface area contributed by atoms with Crippen LogP contribution in [0.15, 0.2) is 29.8 Å². The molecule has 2 heterocycles. The molecule has 2 unspecified atom stereocenters. The Morgan fingerprint density at radius 3 is 2.42 bits per heavy atom. The van der Waals surface area contributed by atoms with Gasteiger partial charge in [-0.3, -0.25) is 14.4 Å². The summed E-state index contributed by atoms with van der Waals surface area (Å²) < 4.78 is 13.8. The predicted octanol–water partition coefficient (Wildman–Crippen LogP) is 4.39. The molecule has 4 rings (SSSR count). The second-order valence-corrected chi connectivity index (χ2v) is 11.6. The first-order valence-electron chi connectivity index (χ1n) is 12.4. The van der Waals surface area contributed by atoms with E-state index in [0.29, 0.717) is 13.0 Å². The van der Waals surface area contributed by atoms with Crippen molar-refractivity contribution in [3.8, 4) is 10.4 Å². The molecule has 1 aromatic carbocycles. The van der Waals surface area contributed by atoms with Crippen LogP contribution in [0.5, 0.6) is 0 Å². The maximum absolute atomic E-state index is 13.8. The Morgan fingerprint density at radius 1 is 1.28 bits per heavy atom. The van der Waals surface area contributed by atoms with Crippen LogP contribution in [0.25, 0.3) is 10.4 Å². The Morgan fingerprint density at radius 2 is 1.94 bits per heavy atom. The molecule has 1 aromatic heterocycles. The molecule has 0 spiro atoms. The van der Waals surface area contributed by atoms with Crippen molar-refractivity contribution in [2.75, 3.05) is 6.54 Å². The summed E-state index contributed by atoms with van der Waals surface area (Å²) >= 11 is 1.64. The summed E-state index contributed by atoms with van der Waals surface area (Å²) in [5, 5.41) is 5.29. The highest BCUT2D eigenvalue weighted by atomic mass is 32.1. The quantitative estimate of drug-likeness (QED) is 0.534. The monoisotopic (exact) mass is 516 g/mol. The van der Waals surface area contributed by atoms with Gasteiger partial charge in [-0.25, -0.2) is 9.37 Å². The average Bonchev–Trinajstić information content (AvgIpc) is 3.22. The first-order valence-corrected chi connectivity index (χ1v) is 13.3. The molecule has 0 bridgehead atoms. The Hall–Kier alpha value is -2.81. The summed E-state index contributed by atoms with van der Waals surface area (Å²) in [5.41, 5.74) is 3.02. The number of nitrogens with zero attached hydrogens (tertiary/aromatic N) is 2. The summed E-state index contributed by atoms with van der Waals surface area (Å²) in [6.45, 7) is 11.0. The van der Waals surface area contributed by atoms with Gasteiger partial charge >= 0.3 is 0 Å². The van der Waals surface area contributed by atoms with Gasteiger partial charge in [-0.05, 0) is 56.1 Å². The van der Waals surface area contributed by atoms with Crippen molar-refractivity contribution in [3.63, 3.8) is 0 Å². The Labute approximate surface area is 216 Å². The molecular weight excluding hydrogens is 479 g/mol. The van der Waals surface area contributed by atoms with Crippen LogP contribution in [-0.4, -0.2) is 52.4 Å². The van der Waals surface area contributed by atoms with Crippen LogP contribution < -0.4 is 10.6 Å². The molecule has 3 amide bonds. The SMILES string of the molecule is CC1CCCN1C(=O)C(NC(=O)C1(F)CC1)C(C)(C)C.Cc1ncsc1-c1ccc(CNC=O)cc1. The number of alkyl halides is 1. The maximum atomic E-state index is 13.8. The summed E-state index contributed by atoms with van der Waals surface area (Å²) in [5.74, 6) is -0.710. The van der Waals surface area contributed by atoms with Gasteiger partial charge in [0.2, 0.25) is 12.3 Å². The van der Waals surface area contributed by atoms with Gasteiger partial charge in [-0.15, -0.1) is 11.3 Å². The van der Waals surface area contributed by atoms with Gasteiger partial charge in [0.05, 0.1) is 16.1 Å². The average molecular weight is 517 g/mol. The molecule has 1 aliphatic carbocycles. The third-order valence-corrected chi connectivity index (χ3v) is 7.65. The number of rotatable bonds is 7. The van der Waals surface area contributed by atoms with Crippen molar-refractivity contribution in [1.82, 2.24) is 20.5 Å². The number of carbonyl (C=O) groups is 3. The fourth-order valence-corrected chi connectivity index (χ4v) is 5.00. The smallest absolute Gasteiger partial charge is 0.258 e. The molecule has 2 fully saturated rings. The molecule has 1 saturated carbocycles. The van der Waals surface area contributed by atoms with E-state index in [4.69, 9.17) is 0 Å². The fraction of sp³-hybridized carbons (Fsp3) is 0.556. The van der Waals surface area contributed by atoms with Crippen molar-refractivity contribution in [1.29, 1.82) is 0 Å². The molecule has 2 atom stereocenters. The van der Waals surface area contributed by atoms with Crippen LogP contribution in [0.4, 0.5) is 4.39 Å². The first-order chi connectivity index (χ1) is 17.0. The van der Waals surface area contributed by atoms with Crippen molar-refractivity contribution in [2.45, 2.75) is 84.6 Å². The second-order valence-electron chi connectivity index (χ2n) is 10.7. The summed E-state index contributed by atoms with van der Waals surface area (Å²) in [4.78, 5) is 42.0. The van der Waals surface area contributed by atoms with E-state index in [-0.39, 0.29) is 24.8 Å². The molecule has 2 aromatic rings. The molecule has 1 aliphatic heterocycles. The van der Waals surface area contributed by atoms with Gasteiger partial charge in [-0.1, -0.05) is 45.0 Å². The van der Waals surface area contributed by atoms with Crippen molar-refractivity contribution >= 4 is 29.6 Å². The molecule has 9 heteroatoms. The highest BCUT2D eigenvalue weighted by Gasteiger charge is 2.52. The Balaban J connectivity index is 0.000000205. The lowest BCUT2D eigenvalue weighted by Crippen LogP contribution is -2.57.